The summed E-state index contributed by atoms with van der Waals surface area (Å²) in [6.45, 7) is 5.69. The van der Waals surface area contributed by atoms with Gasteiger partial charge in [-0.15, -0.1) is 0 Å². The standard InChI is InChI=1S/C18H23N3O3S2/c1-12-7-6-8-13(2)17(12)20-18(22)14(3)25-16-10-9-15(11-19-16)26(23,24)21(4)5/h6-11,14H,1-5H3,(H,20,22)/t14-/m0/s1. The number of anilines is 1. The number of nitrogens with one attached hydrogen (secondary N) is 1. The molecule has 140 valence electrons. The van der Waals surface area contributed by atoms with E-state index in [0.29, 0.717) is 5.03 Å². The van der Waals surface area contributed by atoms with Crippen LogP contribution in [0.3, 0.4) is 0 Å². The lowest BCUT2D eigenvalue weighted by molar-refractivity contribution is -0.115. The minimum Gasteiger partial charge on any atom is -0.325 e. The number of nitrogens with zero attached hydrogens (tertiary/aromatic N) is 2. The van der Waals surface area contributed by atoms with Gasteiger partial charge in [-0.2, -0.15) is 0 Å². The molecule has 1 amide bonds. The number of carbonyl (C=O) groups excluding carboxylic acids is 1. The molecule has 1 atom stereocenters. The van der Waals surface area contributed by atoms with E-state index in [1.165, 1.54) is 38.1 Å². The molecule has 0 unspecified atom stereocenters. The van der Waals surface area contributed by atoms with Gasteiger partial charge in [0.25, 0.3) is 0 Å². The summed E-state index contributed by atoms with van der Waals surface area (Å²) in [7, 11) is -0.566. The molecular formula is C18H23N3O3S2. The van der Waals surface area contributed by atoms with Gasteiger partial charge in [0, 0.05) is 26.0 Å². The number of aryl methyl sites for hydroxylation is 2. The molecule has 2 rings (SSSR count). The van der Waals surface area contributed by atoms with Crippen LogP contribution in [0.4, 0.5) is 5.69 Å². The third-order valence-electron chi connectivity index (χ3n) is 3.88. The van der Waals surface area contributed by atoms with Gasteiger partial charge in [-0.3, -0.25) is 4.79 Å². The van der Waals surface area contributed by atoms with E-state index in [1.807, 2.05) is 32.0 Å². The Hall–Kier alpha value is -1.90. The van der Waals surface area contributed by atoms with Crippen LogP contribution in [0.25, 0.3) is 0 Å². The van der Waals surface area contributed by atoms with Crippen LogP contribution >= 0.6 is 11.8 Å². The lowest BCUT2D eigenvalue weighted by atomic mass is 10.1. The number of sulfonamides is 1. The molecule has 0 bridgehead atoms. The molecule has 0 aliphatic carbocycles. The topological polar surface area (TPSA) is 79.4 Å². The number of pyridine rings is 1. The van der Waals surface area contributed by atoms with Crippen LogP contribution in [0.1, 0.15) is 18.1 Å². The van der Waals surface area contributed by atoms with E-state index in [2.05, 4.69) is 10.3 Å². The van der Waals surface area contributed by atoms with Crippen LogP contribution < -0.4 is 5.32 Å². The lowest BCUT2D eigenvalue weighted by Gasteiger charge is -2.15. The van der Waals surface area contributed by atoms with Crippen molar-refractivity contribution in [2.75, 3.05) is 19.4 Å². The van der Waals surface area contributed by atoms with Gasteiger partial charge in [-0.1, -0.05) is 30.0 Å². The minimum atomic E-state index is -3.51. The van der Waals surface area contributed by atoms with Crippen LogP contribution in [-0.4, -0.2) is 43.0 Å². The van der Waals surface area contributed by atoms with Gasteiger partial charge in [0.1, 0.15) is 4.90 Å². The molecule has 8 heteroatoms. The Morgan fingerprint density at radius 1 is 1.15 bits per heavy atom. The van der Waals surface area contributed by atoms with Crippen molar-refractivity contribution in [1.82, 2.24) is 9.29 Å². The summed E-state index contributed by atoms with van der Waals surface area (Å²) in [5.41, 5.74) is 2.84. The number of aromatic nitrogens is 1. The van der Waals surface area contributed by atoms with Gasteiger partial charge >= 0.3 is 0 Å². The second kappa shape index (κ2) is 8.20. The highest BCUT2D eigenvalue weighted by atomic mass is 32.2. The highest BCUT2D eigenvalue weighted by molar-refractivity contribution is 8.00. The molecule has 0 fully saturated rings. The molecule has 0 saturated heterocycles. The van der Waals surface area contributed by atoms with E-state index >= 15 is 0 Å². The number of hydrogen-bond acceptors (Lipinski definition) is 5. The Kier molecular flexibility index (Phi) is 6.44. The number of para-hydroxylation sites is 1. The SMILES string of the molecule is Cc1cccc(C)c1NC(=O)[C@H](C)Sc1ccc(S(=O)(=O)N(C)C)cn1. The third-order valence-corrected chi connectivity index (χ3v) is 6.73. The highest BCUT2D eigenvalue weighted by Crippen LogP contribution is 2.25. The Bertz CT molecular complexity index is 874. The summed E-state index contributed by atoms with van der Waals surface area (Å²) in [6, 6.07) is 8.97. The van der Waals surface area contributed by atoms with Crippen molar-refractivity contribution in [3.63, 3.8) is 0 Å². The van der Waals surface area contributed by atoms with Gasteiger partial charge in [-0.05, 0) is 44.0 Å². The summed E-state index contributed by atoms with van der Waals surface area (Å²) in [5, 5.41) is 3.17. The molecule has 0 aliphatic heterocycles. The second-order valence-electron chi connectivity index (χ2n) is 6.14. The number of rotatable bonds is 6. The monoisotopic (exact) mass is 393 g/mol. The Morgan fingerprint density at radius 2 is 1.77 bits per heavy atom. The first kappa shape index (κ1) is 20.4. The average molecular weight is 394 g/mol. The first-order valence-electron chi connectivity index (χ1n) is 8.05. The summed E-state index contributed by atoms with van der Waals surface area (Å²) in [4.78, 5) is 16.8. The number of carbonyl (C=O) groups is 1. The van der Waals surface area contributed by atoms with Crippen molar-refractivity contribution in [2.45, 2.75) is 35.9 Å². The van der Waals surface area contributed by atoms with Gasteiger partial charge in [0.2, 0.25) is 15.9 Å². The largest absolute Gasteiger partial charge is 0.325 e. The number of hydrogen-bond donors (Lipinski definition) is 1. The zero-order valence-corrected chi connectivity index (χ0v) is 17.1. The molecule has 1 aromatic heterocycles. The Morgan fingerprint density at radius 3 is 2.27 bits per heavy atom. The van der Waals surface area contributed by atoms with Crippen molar-refractivity contribution in [1.29, 1.82) is 0 Å². The third kappa shape index (κ3) is 4.63. The maximum Gasteiger partial charge on any atom is 0.244 e. The maximum atomic E-state index is 12.5. The Balaban J connectivity index is 2.07. The molecular weight excluding hydrogens is 370 g/mol. The number of amides is 1. The zero-order valence-electron chi connectivity index (χ0n) is 15.5. The first-order chi connectivity index (χ1) is 12.1. The zero-order chi connectivity index (χ0) is 19.5. The van der Waals surface area contributed by atoms with Crippen LogP contribution in [0.2, 0.25) is 0 Å². The van der Waals surface area contributed by atoms with Crippen molar-refractivity contribution in [3.05, 3.63) is 47.7 Å². The molecule has 0 saturated carbocycles. The average Bonchev–Trinajstić information content (AvgIpc) is 2.58. The van der Waals surface area contributed by atoms with E-state index < -0.39 is 10.0 Å². The van der Waals surface area contributed by atoms with Gasteiger partial charge in [-0.25, -0.2) is 17.7 Å². The van der Waals surface area contributed by atoms with Crippen molar-refractivity contribution < 1.29 is 13.2 Å². The molecule has 26 heavy (non-hydrogen) atoms. The van der Waals surface area contributed by atoms with Gasteiger partial charge in [0.15, 0.2) is 0 Å². The van der Waals surface area contributed by atoms with Gasteiger partial charge < -0.3 is 5.32 Å². The molecule has 6 nitrogen and oxygen atoms in total. The van der Waals surface area contributed by atoms with Gasteiger partial charge in [0.05, 0.1) is 10.3 Å². The highest BCUT2D eigenvalue weighted by Gasteiger charge is 2.20. The Labute approximate surface area is 159 Å². The molecule has 2 aromatic rings. The molecule has 0 radical (unpaired) electrons. The predicted octanol–water partition coefficient (Wildman–Crippen LogP) is 3.07. The van der Waals surface area contributed by atoms with Crippen molar-refractivity contribution >= 4 is 33.4 Å². The molecule has 1 N–H and O–H groups in total. The fourth-order valence-electron chi connectivity index (χ4n) is 2.27. The van der Waals surface area contributed by atoms with Crippen LogP contribution in [-0.2, 0) is 14.8 Å². The van der Waals surface area contributed by atoms with Crippen molar-refractivity contribution in [2.24, 2.45) is 0 Å². The summed E-state index contributed by atoms with van der Waals surface area (Å²) < 4.78 is 25.2. The van der Waals surface area contributed by atoms with Crippen molar-refractivity contribution in [3.8, 4) is 0 Å². The fourth-order valence-corrected chi connectivity index (χ4v) is 3.91. The molecule has 1 heterocycles. The van der Waals surface area contributed by atoms with E-state index in [0.717, 1.165) is 21.1 Å². The fraction of sp³-hybridized carbons (Fsp3) is 0.333. The maximum absolute atomic E-state index is 12.5. The molecule has 1 aromatic carbocycles. The van der Waals surface area contributed by atoms with Crippen LogP contribution in [0, 0.1) is 13.8 Å². The molecule has 0 spiro atoms. The summed E-state index contributed by atoms with van der Waals surface area (Å²) in [6.07, 6.45) is 1.31. The van der Waals surface area contributed by atoms with E-state index in [4.69, 9.17) is 0 Å². The number of thioether (sulfide) groups is 1. The predicted molar refractivity (Wildman–Crippen MR) is 105 cm³/mol. The van der Waals surface area contributed by atoms with Crippen LogP contribution in [0.5, 0.6) is 0 Å². The second-order valence-corrected chi connectivity index (χ2v) is 9.65. The smallest absolute Gasteiger partial charge is 0.244 e. The minimum absolute atomic E-state index is 0.125. The number of benzene rings is 1. The summed E-state index contributed by atoms with van der Waals surface area (Å²) in [5.74, 6) is -0.126. The van der Waals surface area contributed by atoms with Crippen LogP contribution in [0.15, 0.2) is 46.5 Å². The lowest BCUT2D eigenvalue weighted by Crippen LogP contribution is -2.23. The summed E-state index contributed by atoms with van der Waals surface area (Å²) >= 11 is 1.28. The quantitative estimate of drug-likeness (QED) is 0.763. The van der Waals surface area contributed by atoms with E-state index in [-0.39, 0.29) is 16.1 Å². The molecule has 0 aliphatic rings. The normalized spacial score (nSPS) is 12.8. The van der Waals surface area contributed by atoms with E-state index in [9.17, 15) is 13.2 Å². The first-order valence-corrected chi connectivity index (χ1v) is 10.4. The van der Waals surface area contributed by atoms with E-state index in [1.54, 1.807) is 13.0 Å².